The predicted molar refractivity (Wildman–Crippen MR) is 74.5 cm³/mol. The lowest BCUT2D eigenvalue weighted by atomic mass is 10.1. The van der Waals surface area contributed by atoms with E-state index in [9.17, 15) is 14.4 Å². The number of ether oxygens (including phenoxy) is 2. The number of carbonyl (C=O) groups excluding carboxylic acids is 3. The predicted octanol–water partition coefficient (Wildman–Crippen LogP) is 1.57. The fraction of sp³-hybridized carbons (Fsp3) is 0.357. The van der Waals surface area contributed by atoms with Crippen LogP contribution in [0.4, 0.5) is 15.3 Å². The summed E-state index contributed by atoms with van der Waals surface area (Å²) in [5.41, 5.74) is 1.22. The van der Waals surface area contributed by atoms with Gasteiger partial charge in [0.2, 0.25) is 0 Å². The number of nitrogens with one attached hydrogen (secondary N) is 1. The molecule has 1 aromatic carbocycles. The molecule has 0 saturated carbocycles. The van der Waals surface area contributed by atoms with Crippen molar-refractivity contribution in [2.75, 3.05) is 25.1 Å². The Labute approximate surface area is 121 Å². The van der Waals surface area contributed by atoms with E-state index in [0.29, 0.717) is 17.8 Å². The van der Waals surface area contributed by atoms with Gasteiger partial charge >= 0.3 is 12.2 Å². The molecule has 0 spiro atoms. The molecule has 7 heteroatoms. The second kappa shape index (κ2) is 6.25. The molecule has 0 aromatic heterocycles. The molecule has 1 aromatic rings. The topological polar surface area (TPSA) is 84.9 Å². The summed E-state index contributed by atoms with van der Waals surface area (Å²) >= 11 is 0. The molecule has 21 heavy (non-hydrogen) atoms. The normalized spacial score (nSPS) is 17.3. The van der Waals surface area contributed by atoms with Crippen molar-refractivity contribution in [1.82, 2.24) is 5.32 Å². The summed E-state index contributed by atoms with van der Waals surface area (Å²) in [5, 5.41) is 2.48. The third-order valence-electron chi connectivity index (χ3n) is 3.12. The first-order valence-electron chi connectivity index (χ1n) is 6.42. The van der Waals surface area contributed by atoms with Crippen molar-refractivity contribution in [1.29, 1.82) is 0 Å². The maximum atomic E-state index is 11.8. The van der Waals surface area contributed by atoms with E-state index in [4.69, 9.17) is 4.74 Å². The molecule has 1 saturated heterocycles. The van der Waals surface area contributed by atoms with Crippen LogP contribution < -0.4 is 10.2 Å². The lowest BCUT2D eigenvalue weighted by Crippen LogP contribution is -2.34. The van der Waals surface area contributed by atoms with Crippen LogP contribution in [0, 0.1) is 0 Å². The Morgan fingerprint density at radius 1 is 1.38 bits per heavy atom. The molecule has 2 rings (SSSR count). The highest BCUT2D eigenvalue weighted by molar-refractivity contribution is 5.95. The Morgan fingerprint density at radius 2 is 2.05 bits per heavy atom. The minimum atomic E-state index is -0.574. The molecule has 1 atom stereocenters. The van der Waals surface area contributed by atoms with Gasteiger partial charge in [0.1, 0.15) is 6.10 Å². The molecular formula is C14H16N2O5. The van der Waals surface area contributed by atoms with Crippen molar-refractivity contribution in [3.8, 4) is 0 Å². The number of rotatable bonds is 4. The Kier molecular flexibility index (Phi) is 4.42. The number of hydrogen-bond donors (Lipinski definition) is 1. The number of carbonyl (C=O) groups is 3. The van der Waals surface area contributed by atoms with Crippen LogP contribution in [0.1, 0.15) is 17.3 Å². The van der Waals surface area contributed by atoms with Crippen LogP contribution >= 0.6 is 0 Å². The van der Waals surface area contributed by atoms with Gasteiger partial charge in [-0.15, -0.1) is 0 Å². The first-order valence-corrected chi connectivity index (χ1v) is 6.42. The number of anilines is 1. The van der Waals surface area contributed by atoms with Crippen LogP contribution in [0.2, 0.25) is 0 Å². The molecule has 112 valence electrons. The van der Waals surface area contributed by atoms with Gasteiger partial charge in [-0.1, -0.05) is 0 Å². The monoisotopic (exact) mass is 292 g/mol. The standard InChI is InChI=1S/C14H16N2O5/c1-9(17)10-3-5-11(6-4-10)16-8-12(21-14(16)19)7-15-13(18)20-2/h3-6,12H,7-8H2,1-2H3,(H,15,18)/t12-/m0/s1. The molecule has 1 heterocycles. The van der Waals surface area contributed by atoms with Crippen molar-refractivity contribution in [2.24, 2.45) is 0 Å². The zero-order chi connectivity index (χ0) is 15.4. The van der Waals surface area contributed by atoms with Crippen molar-refractivity contribution < 1.29 is 23.9 Å². The number of benzene rings is 1. The van der Waals surface area contributed by atoms with Gasteiger partial charge in [-0.2, -0.15) is 0 Å². The zero-order valence-corrected chi connectivity index (χ0v) is 11.8. The average Bonchev–Trinajstić information content (AvgIpc) is 2.86. The highest BCUT2D eigenvalue weighted by atomic mass is 16.6. The number of ketones is 1. The number of nitrogens with zero attached hydrogens (tertiary/aromatic N) is 1. The Balaban J connectivity index is 1.99. The molecule has 2 amide bonds. The molecular weight excluding hydrogens is 276 g/mol. The summed E-state index contributed by atoms with van der Waals surface area (Å²) in [6.07, 6.45) is -1.50. The van der Waals surface area contributed by atoms with Crippen LogP contribution in [0.25, 0.3) is 0 Å². The van der Waals surface area contributed by atoms with Crippen molar-refractivity contribution in [2.45, 2.75) is 13.0 Å². The summed E-state index contributed by atoms with van der Waals surface area (Å²) in [4.78, 5) is 35.5. The van der Waals surface area contributed by atoms with E-state index >= 15 is 0 Å². The molecule has 0 bridgehead atoms. The molecule has 0 unspecified atom stereocenters. The largest absolute Gasteiger partial charge is 0.453 e. The minimum absolute atomic E-state index is 0.0364. The van der Waals surface area contributed by atoms with E-state index in [1.807, 2.05) is 0 Å². The molecule has 1 aliphatic rings. The van der Waals surface area contributed by atoms with E-state index in [2.05, 4.69) is 10.1 Å². The van der Waals surface area contributed by atoms with Gasteiger partial charge in [0, 0.05) is 11.3 Å². The highest BCUT2D eigenvalue weighted by Crippen LogP contribution is 2.22. The quantitative estimate of drug-likeness (QED) is 0.851. The summed E-state index contributed by atoms with van der Waals surface area (Å²) in [6.45, 7) is 1.98. The van der Waals surface area contributed by atoms with E-state index in [0.717, 1.165) is 0 Å². The van der Waals surface area contributed by atoms with Gasteiger partial charge in [-0.3, -0.25) is 9.69 Å². The maximum absolute atomic E-state index is 11.8. The van der Waals surface area contributed by atoms with Crippen molar-refractivity contribution >= 4 is 23.7 Å². The number of methoxy groups -OCH3 is 1. The Bertz CT molecular complexity index is 555. The van der Waals surface area contributed by atoms with E-state index in [-0.39, 0.29) is 12.3 Å². The first-order chi connectivity index (χ1) is 10.0. The van der Waals surface area contributed by atoms with E-state index in [1.165, 1.54) is 18.9 Å². The van der Waals surface area contributed by atoms with Crippen LogP contribution in [-0.4, -0.2) is 44.3 Å². The van der Waals surface area contributed by atoms with Gasteiger partial charge in [-0.05, 0) is 31.2 Å². The summed E-state index contributed by atoms with van der Waals surface area (Å²) in [6, 6.07) is 6.69. The fourth-order valence-corrected chi connectivity index (χ4v) is 1.98. The summed E-state index contributed by atoms with van der Waals surface area (Å²) in [7, 11) is 1.26. The second-order valence-corrected chi connectivity index (χ2v) is 4.59. The number of Topliss-reactive ketones (excluding diaryl/α,β-unsaturated/α-hetero) is 1. The molecule has 1 fully saturated rings. The smallest absolute Gasteiger partial charge is 0.414 e. The van der Waals surface area contributed by atoms with Crippen LogP contribution in [0.15, 0.2) is 24.3 Å². The SMILES string of the molecule is COC(=O)NC[C@H]1CN(c2ccc(C(C)=O)cc2)C(=O)O1. The number of cyclic esters (lactones) is 1. The van der Waals surface area contributed by atoms with Crippen LogP contribution in [0.5, 0.6) is 0 Å². The van der Waals surface area contributed by atoms with Crippen LogP contribution in [-0.2, 0) is 9.47 Å². The molecule has 1 aliphatic heterocycles. The number of amides is 2. The van der Waals surface area contributed by atoms with Gasteiger partial charge in [0.05, 0.1) is 20.2 Å². The average molecular weight is 292 g/mol. The lowest BCUT2D eigenvalue weighted by molar-refractivity contribution is 0.101. The van der Waals surface area contributed by atoms with E-state index < -0.39 is 18.3 Å². The first kappa shape index (κ1) is 14.8. The lowest BCUT2D eigenvalue weighted by Gasteiger charge is -2.13. The molecule has 7 nitrogen and oxygen atoms in total. The maximum Gasteiger partial charge on any atom is 0.414 e. The minimum Gasteiger partial charge on any atom is -0.453 e. The van der Waals surface area contributed by atoms with Crippen LogP contribution in [0.3, 0.4) is 0 Å². The van der Waals surface area contributed by atoms with Gasteiger partial charge < -0.3 is 14.8 Å². The second-order valence-electron chi connectivity index (χ2n) is 4.59. The fourth-order valence-electron chi connectivity index (χ4n) is 1.98. The zero-order valence-electron chi connectivity index (χ0n) is 11.8. The van der Waals surface area contributed by atoms with Crippen molar-refractivity contribution in [3.05, 3.63) is 29.8 Å². The summed E-state index contributed by atoms with van der Waals surface area (Å²) < 4.78 is 9.60. The van der Waals surface area contributed by atoms with Gasteiger partial charge in [0.15, 0.2) is 5.78 Å². The highest BCUT2D eigenvalue weighted by Gasteiger charge is 2.32. The van der Waals surface area contributed by atoms with Gasteiger partial charge in [0.25, 0.3) is 0 Å². The summed E-state index contributed by atoms with van der Waals surface area (Å²) in [5.74, 6) is -0.0364. The third-order valence-corrected chi connectivity index (χ3v) is 3.12. The van der Waals surface area contributed by atoms with E-state index in [1.54, 1.807) is 24.3 Å². The molecule has 0 aliphatic carbocycles. The number of hydrogen-bond acceptors (Lipinski definition) is 5. The Morgan fingerprint density at radius 3 is 2.62 bits per heavy atom. The third kappa shape index (κ3) is 3.50. The molecule has 1 N–H and O–H groups in total. The van der Waals surface area contributed by atoms with Gasteiger partial charge in [-0.25, -0.2) is 9.59 Å². The number of alkyl carbamates (subject to hydrolysis) is 1. The van der Waals surface area contributed by atoms with Crippen molar-refractivity contribution in [3.63, 3.8) is 0 Å². The Hall–Kier alpha value is -2.57. The molecule has 0 radical (unpaired) electrons.